The number of hydrogen-bond donors (Lipinski definition) is 2. The van der Waals surface area contributed by atoms with Crippen molar-refractivity contribution in [1.82, 2.24) is 0 Å². The highest BCUT2D eigenvalue weighted by Gasteiger charge is 2.05. The van der Waals surface area contributed by atoms with E-state index in [4.69, 9.17) is 16.3 Å². The fraction of sp³-hybridized carbons (Fsp3) is 0.143. The lowest BCUT2D eigenvalue weighted by molar-refractivity contribution is 0.406. The summed E-state index contributed by atoms with van der Waals surface area (Å²) < 4.78 is 6.09. The molecule has 0 amide bonds. The maximum atomic E-state index is 9.87. The van der Waals surface area contributed by atoms with Crippen LogP contribution in [0.2, 0.25) is 5.02 Å². The summed E-state index contributed by atoms with van der Waals surface area (Å²) in [6, 6.07) is 10.9. The largest absolute Gasteiger partial charge is 0.507 e. The molecule has 5 heteroatoms. The van der Waals surface area contributed by atoms with Crippen LogP contribution in [0, 0.1) is 3.57 Å². The Bertz CT molecular complexity index is 590. The summed E-state index contributed by atoms with van der Waals surface area (Å²) in [5, 5.41) is 13.8. The van der Waals surface area contributed by atoms with Gasteiger partial charge in [0.15, 0.2) is 0 Å². The normalized spacial score (nSPS) is 10.3. The first kappa shape index (κ1) is 14.3. The van der Waals surface area contributed by atoms with Gasteiger partial charge in [-0.3, -0.25) is 0 Å². The number of halogens is 2. The summed E-state index contributed by atoms with van der Waals surface area (Å²) in [4.78, 5) is 0. The summed E-state index contributed by atoms with van der Waals surface area (Å²) in [6.07, 6.45) is 0. The summed E-state index contributed by atoms with van der Waals surface area (Å²) in [5.41, 5.74) is 1.80. The number of phenolic OH excluding ortho intramolecular Hbond substituents is 1. The van der Waals surface area contributed by atoms with Gasteiger partial charge in [0.1, 0.15) is 11.5 Å². The quantitative estimate of drug-likeness (QED) is 0.767. The number of phenols is 1. The molecule has 0 atom stereocenters. The van der Waals surface area contributed by atoms with E-state index in [1.807, 2.05) is 30.3 Å². The van der Waals surface area contributed by atoms with Crippen molar-refractivity contribution in [3.05, 3.63) is 50.6 Å². The molecular formula is C14H13ClINO2. The van der Waals surface area contributed by atoms with E-state index in [-0.39, 0.29) is 5.75 Å². The van der Waals surface area contributed by atoms with Gasteiger partial charge in [0.2, 0.25) is 0 Å². The van der Waals surface area contributed by atoms with Gasteiger partial charge in [-0.05, 0) is 52.9 Å². The van der Waals surface area contributed by atoms with E-state index < -0.39 is 0 Å². The molecule has 3 nitrogen and oxygen atoms in total. The highest BCUT2D eigenvalue weighted by molar-refractivity contribution is 14.1. The SMILES string of the molecule is COc1ccc(CNc2ccc(Cl)cc2I)c(O)c1. The van der Waals surface area contributed by atoms with Crippen molar-refractivity contribution >= 4 is 39.9 Å². The van der Waals surface area contributed by atoms with Crippen LogP contribution in [0.25, 0.3) is 0 Å². The van der Waals surface area contributed by atoms with Crippen LogP contribution in [0.15, 0.2) is 36.4 Å². The Balaban J connectivity index is 2.10. The lowest BCUT2D eigenvalue weighted by Crippen LogP contribution is -2.01. The molecule has 0 heterocycles. The predicted molar refractivity (Wildman–Crippen MR) is 86.2 cm³/mol. The van der Waals surface area contributed by atoms with E-state index >= 15 is 0 Å². The molecule has 0 spiro atoms. The van der Waals surface area contributed by atoms with Crippen LogP contribution >= 0.6 is 34.2 Å². The van der Waals surface area contributed by atoms with Gasteiger partial charge in [-0.15, -0.1) is 0 Å². The van der Waals surface area contributed by atoms with Crippen LogP contribution in [0.4, 0.5) is 5.69 Å². The topological polar surface area (TPSA) is 41.5 Å². The van der Waals surface area contributed by atoms with Crippen LogP contribution in [0.3, 0.4) is 0 Å². The molecule has 0 unspecified atom stereocenters. The van der Waals surface area contributed by atoms with Gasteiger partial charge in [-0.1, -0.05) is 11.6 Å². The van der Waals surface area contributed by atoms with Crippen molar-refractivity contribution in [2.24, 2.45) is 0 Å². The summed E-state index contributed by atoms with van der Waals surface area (Å²) in [6.45, 7) is 0.535. The minimum atomic E-state index is 0.218. The number of rotatable bonds is 4. The first-order chi connectivity index (χ1) is 9.10. The molecular weight excluding hydrogens is 377 g/mol. The van der Waals surface area contributed by atoms with Crippen LogP contribution in [-0.2, 0) is 6.54 Å². The third-order valence-corrected chi connectivity index (χ3v) is 3.82. The van der Waals surface area contributed by atoms with Gasteiger partial charge >= 0.3 is 0 Å². The number of aromatic hydroxyl groups is 1. The van der Waals surface area contributed by atoms with Gasteiger partial charge in [0, 0.05) is 32.5 Å². The Kier molecular flexibility index (Phi) is 4.76. The van der Waals surface area contributed by atoms with Crippen molar-refractivity contribution in [1.29, 1.82) is 0 Å². The van der Waals surface area contributed by atoms with Crippen molar-refractivity contribution in [3.63, 3.8) is 0 Å². The van der Waals surface area contributed by atoms with Gasteiger partial charge in [-0.2, -0.15) is 0 Å². The fourth-order valence-electron chi connectivity index (χ4n) is 1.64. The molecule has 19 heavy (non-hydrogen) atoms. The molecule has 2 rings (SSSR count). The second-order valence-electron chi connectivity index (χ2n) is 3.97. The van der Waals surface area contributed by atoms with Crippen molar-refractivity contribution in [2.75, 3.05) is 12.4 Å². The first-order valence-corrected chi connectivity index (χ1v) is 7.10. The molecule has 0 fully saturated rings. The maximum absolute atomic E-state index is 9.87. The predicted octanol–water partition coefficient (Wildman–Crippen LogP) is 4.27. The number of ether oxygens (including phenoxy) is 1. The average molecular weight is 390 g/mol. The number of benzene rings is 2. The molecule has 0 saturated carbocycles. The van der Waals surface area contributed by atoms with E-state index in [9.17, 15) is 5.11 Å². The number of anilines is 1. The zero-order chi connectivity index (χ0) is 13.8. The highest BCUT2D eigenvalue weighted by Crippen LogP contribution is 2.26. The molecule has 100 valence electrons. The zero-order valence-corrected chi connectivity index (χ0v) is 13.2. The van der Waals surface area contributed by atoms with E-state index in [0.717, 1.165) is 14.8 Å². The monoisotopic (exact) mass is 389 g/mol. The standard InChI is InChI=1S/C14H13ClINO2/c1-19-11-4-2-9(14(18)7-11)8-17-13-5-3-10(15)6-12(13)16/h2-7,17-18H,8H2,1H3. The van der Waals surface area contributed by atoms with Crippen molar-refractivity contribution in [2.45, 2.75) is 6.54 Å². The van der Waals surface area contributed by atoms with E-state index in [2.05, 4.69) is 27.9 Å². The summed E-state index contributed by atoms with van der Waals surface area (Å²) in [5.74, 6) is 0.859. The van der Waals surface area contributed by atoms with Crippen molar-refractivity contribution < 1.29 is 9.84 Å². The second kappa shape index (κ2) is 6.34. The molecule has 2 aromatic rings. The van der Waals surface area contributed by atoms with E-state index in [0.29, 0.717) is 17.3 Å². The van der Waals surface area contributed by atoms with Crippen LogP contribution in [0.5, 0.6) is 11.5 Å². The molecule has 0 aromatic heterocycles. The molecule has 0 aliphatic carbocycles. The lowest BCUT2D eigenvalue weighted by atomic mass is 10.2. The lowest BCUT2D eigenvalue weighted by Gasteiger charge is -2.11. The Labute approximate surface area is 130 Å². The maximum Gasteiger partial charge on any atom is 0.124 e. The Morgan fingerprint density at radius 3 is 2.68 bits per heavy atom. The number of nitrogens with one attached hydrogen (secondary N) is 1. The number of hydrogen-bond acceptors (Lipinski definition) is 3. The van der Waals surface area contributed by atoms with E-state index in [1.54, 1.807) is 13.2 Å². The smallest absolute Gasteiger partial charge is 0.124 e. The Hall–Kier alpha value is -1.14. The highest BCUT2D eigenvalue weighted by atomic mass is 127. The molecule has 2 N–H and O–H groups in total. The van der Waals surface area contributed by atoms with Gasteiger partial charge in [0.25, 0.3) is 0 Å². The number of methoxy groups -OCH3 is 1. The molecule has 0 bridgehead atoms. The van der Waals surface area contributed by atoms with Gasteiger partial charge < -0.3 is 15.2 Å². The molecule has 0 radical (unpaired) electrons. The molecule has 0 aliphatic rings. The third kappa shape index (κ3) is 3.67. The molecule has 2 aromatic carbocycles. The second-order valence-corrected chi connectivity index (χ2v) is 5.57. The van der Waals surface area contributed by atoms with Gasteiger partial charge in [-0.25, -0.2) is 0 Å². The van der Waals surface area contributed by atoms with Gasteiger partial charge in [0.05, 0.1) is 7.11 Å². The average Bonchev–Trinajstić information content (AvgIpc) is 2.39. The molecule has 0 aliphatic heterocycles. The van der Waals surface area contributed by atoms with Crippen molar-refractivity contribution in [3.8, 4) is 11.5 Å². The third-order valence-electron chi connectivity index (χ3n) is 2.69. The minimum Gasteiger partial charge on any atom is -0.507 e. The van der Waals surface area contributed by atoms with E-state index in [1.165, 1.54) is 0 Å². The molecule has 0 saturated heterocycles. The first-order valence-electron chi connectivity index (χ1n) is 5.65. The summed E-state index contributed by atoms with van der Waals surface area (Å²) in [7, 11) is 1.57. The zero-order valence-electron chi connectivity index (χ0n) is 10.3. The van der Waals surface area contributed by atoms with Crippen LogP contribution in [0.1, 0.15) is 5.56 Å². The van der Waals surface area contributed by atoms with Crippen LogP contribution in [-0.4, -0.2) is 12.2 Å². The fourth-order valence-corrected chi connectivity index (χ4v) is 2.71. The minimum absolute atomic E-state index is 0.218. The van der Waals surface area contributed by atoms with Crippen LogP contribution < -0.4 is 10.1 Å². The Morgan fingerprint density at radius 2 is 2.05 bits per heavy atom. The Morgan fingerprint density at radius 1 is 1.26 bits per heavy atom. The summed E-state index contributed by atoms with van der Waals surface area (Å²) >= 11 is 8.13.